The summed E-state index contributed by atoms with van der Waals surface area (Å²) in [4.78, 5) is 15.3. The quantitative estimate of drug-likeness (QED) is 0.635. The number of rotatable bonds is 2. The molecule has 0 saturated heterocycles. The van der Waals surface area contributed by atoms with Gasteiger partial charge in [0, 0.05) is 5.56 Å². The molecule has 0 aliphatic rings. The summed E-state index contributed by atoms with van der Waals surface area (Å²) in [6.45, 7) is 0. The second-order valence-electron chi connectivity index (χ2n) is 4.08. The van der Waals surface area contributed by atoms with Crippen molar-refractivity contribution in [1.29, 1.82) is 5.26 Å². The van der Waals surface area contributed by atoms with E-state index in [2.05, 4.69) is 11.1 Å². The lowest BCUT2D eigenvalue weighted by Gasteiger charge is -2.05. The number of nitriles is 1. The molecular formula is C15H12N4O. The molecule has 0 fully saturated rings. The Morgan fingerprint density at radius 3 is 2.55 bits per heavy atom. The highest BCUT2D eigenvalue weighted by Crippen LogP contribution is 2.24. The van der Waals surface area contributed by atoms with Crippen LogP contribution in [0.2, 0.25) is 0 Å². The summed E-state index contributed by atoms with van der Waals surface area (Å²) in [6.07, 6.45) is 0. The highest BCUT2D eigenvalue weighted by atomic mass is 16.1. The van der Waals surface area contributed by atoms with Crippen molar-refractivity contribution < 1.29 is 4.79 Å². The van der Waals surface area contributed by atoms with Crippen molar-refractivity contribution in [3.05, 3.63) is 59.7 Å². The van der Waals surface area contributed by atoms with Gasteiger partial charge in [-0.2, -0.15) is 10.3 Å². The molecule has 0 aromatic heterocycles. The maximum Gasteiger partial charge on any atom is 0.280 e. The predicted octanol–water partition coefficient (Wildman–Crippen LogP) is 1.64. The zero-order chi connectivity index (χ0) is 14.5. The lowest BCUT2D eigenvalue weighted by Crippen LogP contribution is -2.24. The molecule has 1 amide bonds. The monoisotopic (exact) mass is 264 g/mol. The molecule has 0 unspecified atom stereocenters. The van der Waals surface area contributed by atoms with E-state index in [4.69, 9.17) is 16.7 Å². The van der Waals surface area contributed by atoms with Crippen LogP contribution in [-0.4, -0.2) is 11.9 Å². The molecule has 0 spiro atoms. The molecule has 2 rings (SSSR count). The summed E-state index contributed by atoms with van der Waals surface area (Å²) in [5.74, 6) is -0.792. The molecule has 0 bridgehead atoms. The summed E-state index contributed by atoms with van der Waals surface area (Å²) in [6, 6.07) is 16.1. The van der Waals surface area contributed by atoms with Gasteiger partial charge in [-0.05, 0) is 29.3 Å². The van der Waals surface area contributed by atoms with Gasteiger partial charge in [0.05, 0.1) is 11.6 Å². The van der Waals surface area contributed by atoms with E-state index in [1.165, 1.54) is 0 Å². The number of carbonyl (C=O) groups is 1. The van der Waals surface area contributed by atoms with Crippen molar-refractivity contribution in [2.45, 2.75) is 0 Å². The Labute approximate surface area is 116 Å². The minimum absolute atomic E-state index is 0.280. The van der Waals surface area contributed by atoms with Crippen LogP contribution in [0.3, 0.4) is 0 Å². The largest absolute Gasteiger partial charge is 0.370 e. The van der Waals surface area contributed by atoms with Gasteiger partial charge in [0.1, 0.15) is 0 Å². The fourth-order valence-corrected chi connectivity index (χ4v) is 1.83. The first-order valence-electron chi connectivity index (χ1n) is 5.85. The second kappa shape index (κ2) is 5.67. The number of carbonyl (C=O) groups excluding carboxylic acids is 1. The second-order valence-corrected chi connectivity index (χ2v) is 4.08. The number of benzene rings is 2. The summed E-state index contributed by atoms with van der Waals surface area (Å²) in [5.41, 5.74) is 12.8. The predicted molar refractivity (Wildman–Crippen MR) is 76.7 cm³/mol. The van der Waals surface area contributed by atoms with Crippen LogP contribution < -0.4 is 11.5 Å². The number of hydrogen-bond donors (Lipinski definition) is 2. The maximum atomic E-state index is 11.8. The van der Waals surface area contributed by atoms with Crippen LogP contribution in [0.25, 0.3) is 11.1 Å². The Hall–Kier alpha value is -3.13. The van der Waals surface area contributed by atoms with E-state index < -0.39 is 5.91 Å². The lowest BCUT2D eigenvalue weighted by molar-refractivity contribution is 0.100. The molecule has 0 saturated carbocycles. The molecule has 0 heterocycles. The normalized spacial score (nSPS) is 9.55. The molecule has 0 radical (unpaired) electrons. The summed E-state index contributed by atoms with van der Waals surface area (Å²) < 4.78 is 0. The van der Waals surface area contributed by atoms with Crippen molar-refractivity contribution in [3.8, 4) is 17.2 Å². The van der Waals surface area contributed by atoms with Crippen LogP contribution in [0.15, 0.2) is 53.5 Å². The van der Waals surface area contributed by atoms with Gasteiger partial charge in [0.25, 0.3) is 5.91 Å². The fraction of sp³-hybridized carbons (Fsp3) is 0. The Balaban J connectivity index is 2.48. The van der Waals surface area contributed by atoms with E-state index in [1.807, 2.05) is 18.2 Å². The van der Waals surface area contributed by atoms with Crippen molar-refractivity contribution in [1.82, 2.24) is 0 Å². The zero-order valence-corrected chi connectivity index (χ0v) is 10.6. The minimum atomic E-state index is -0.513. The smallest absolute Gasteiger partial charge is 0.280 e. The van der Waals surface area contributed by atoms with Crippen LogP contribution in [0.1, 0.15) is 15.9 Å². The molecule has 5 nitrogen and oxygen atoms in total. The molecule has 2 aromatic rings. The van der Waals surface area contributed by atoms with Crippen molar-refractivity contribution in [2.75, 3.05) is 0 Å². The molecule has 0 aliphatic heterocycles. The van der Waals surface area contributed by atoms with Crippen LogP contribution in [0, 0.1) is 11.3 Å². The third kappa shape index (κ3) is 2.82. The van der Waals surface area contributed by atoms with E-state index in [0.717, 1.165) is 11.1 Å². The molecule has 4 N–H and O–H groups in total. The number of nitrogens with two attached hydrogens (primary N) is 2. The van der Waals surface area contributed by atoms with Gasteiger partial charge in [0.2, 0.25) is 0 Å². The summed E-state index contributed by atoms with van der Waals surface area (Å²) in [7, 11) is 0. The van der Waals surface area contributed by atoms with Crippen molar-refractivity contribution in [2.24, 2.45) is 16.5 Å². The van der Waals surface area contributed by atoms with Gasteiger partial charge < -0.3 is 11.5 Å². The summed E-state index contributed by atoms with van der Waals surface area (Å²) >= 11 is 0. The third-order valence-electron chi connectivity index (χ3n) is 2.70. The van der Waals surface area contributed by atoms with E-state index in [-0.39, 0.29) is 5.96 Å². The number of guanidine groups is 1. The van der Waals surface area contributed by atoms with Crippen LogP contribution >= 0.6 is 0 Å². The maximum absolute atomic E-state index is 11.8. The minimum Gasteiger partial charge on any atom is -0.370 e. The Bertz CT molecular complexity index is 725. The van der Waals surface area contributed by atoms with Gasteiger partial charge in [-0.3, -0.25) is 4.79 Å². The average molecular weight is 264 g/mol. The fourth-order valence-electron chi connectivity index (χ4n) is 1.83. The topological polar surface area (TPSA) is 105 Å². The van der Waals surface area contributed by atoms with Crippen molar-refractivity contribution >= 4 is 11.9 Å². The highest BCUT2D eigenvalue weighted by Gasteiger charge is 2.08. The SMILES string of the molecule is N#Cc1ccccc1-c1cccc(C(=O)N=C(N)N)c1. The van der Waals surface area contributed by atoms with E-state index in [9.17, 15) is 4.79 Å². The highest BCUT2D eigenvalue weighted by molar-refractivity contribution is 6.02. The average Bonchev–Trinajstić information content (AvgIpc) is 2.46. The molecule has 0 atom stereocenters. The Morgan fingerprint density at radius 1 is 1.10 bits per heavy atom. The molecule has 0 aliphatic carbocycles. The molecule has 5 heteroatoms. The number of aliphatic imine (C=N–C) groups is 1. The van der Waals surface area contributed by atoms with Gasteiger partial charge in [-0.1, -0.05) is 30.3 Å². The van der Waals surface area contributed by atoms with Gasteiger partial charge in [0.15, 0.2) is 5.96 Å². The molecule has 2 aromatic carbocycles. The van der Waals surface area contributed by atoms with E-state index >= 15 is 0 Å². The first kappa shape index (κ1) is 13.3. The first-order valence-corrected chi connectivity index (χ1v) is 5.85. The zero-order valence-electron chi connectivity index (χ0n) is 10.6. The van der Waals surface area contributed by atoms with Crippen LogP contribution in [-0.2, 0) is 0 Å². The molecule has 98 valence electrons. The Kier molecular flexibility index (Phi) is 3.77. The van der Waals surface area contributed by atoms with Gasteiger partial charge in [-0.15, -0.1) is 0 Å². The van der Waals surface area contributed by atoms with Crippen LogP contribution in [0.4, 0.5) is 0 Å². The lowest BCUT2D eigenvalue weighted by atomic mass is 9.98. The van der Waals surface area contributed by atoms with Gasteiger partial charge >= 0.3 is 0 Å². The standard InChI is InChI=1S/C15H12N4O/c16-9-12-4-1-2-7-13(12)10-5-3-6-11(8-10)14(20)19-15(17)18/h1-8H,(H4,17,18,19,20). The number of hydrogen-bond acceptors (Lipinski definition) is 2. The van der Waals surface area contributed by atoms with E-state index in [0.29, 0.717) is 11.1 Å². The molecule has 20 heavy (non-hydrogen) atoms. The van der Waals surface area contributed by atoms with E-state index in [1.54, 1.807) is 30.3 Å². The number of amides is 1. The third-order valence-corrected chi connectivity index (χ3v) is 2.70. The Morgan fingerprint density at radius 2 is 1.85 bits per heavy atom. The molecular weight excluding hydrogens is 252 g/mol. The number of nitrogens with zero attached hydrogens (tertiary/aromatic N) is 2. The van der Waals surface area contributed by atoms with Crippen LogP contribution in [0.5, 0.6) is 0 Å². The first-order chi connectivity index (χ1) is 9.61. The van der Waals surface area contributed by atoms with Crippen molar-refractivity contribution in [3.63, 3.8) is 0 Å². The van der Waals surface area contributed by atoms with Gasteiger partial charge in [-0.25, -0.2) is 0 Å². The summed E-state index contributed by atoms with van der Waals surface area (Å²) in [5, 5.41) is 9.11.